The maximum absolute atomic E-state index is 13.0. The summed E-state index contributed by atoms with van der Waals surface area (Å²) in [5.41, 5.74) is 4.26. The third kappa shape index (κ3) is 4.42. The van der Waals surface area contributed by atoms with Gasteiger partial charge >= 0.3 is 0 Å². The van der Waals surface area contributed by atoms with E-state index in [0.717, 1.165) is 24.3 Å². The predicted octanol–water partition coefficient (Wildman–Crippen LogP) is 4.68. The molecule has 0 aliphatic carbocycles. The average Bonchev–Trinajstić information content (AvgIpc) is 3.39. The fourth-order valence-electron chi connectivity index (χ4n) is 3.79. The molecule has 2 heterocycles. The molecule has 0 bridgehead atoms. The Balaban J connectivity index is 1.56. The van der Waals surface area contributed by atoms with Gasteiger partial charge in [0.1, 0.15) is 11.8 Å². The molecule has 150 valence electrons. The van der Waals surface area contributed by atoms with Crippen LogP contribution in [0, 0.1) is 13.8 Å². The molecule has 0 spiro atoms. The molecular weight excluding hydrogens is 364 g/mol. The van der Waals surface area contributed by atoms with E-state index in [9.17, 15) is 4.79 Å². The minimum absolute atomic E-state index is 0.189. The largest absolute Gasteiger partial charge is 0.371 e. The van der Waals surface area contributed by atoms with Crippen LogP contribution in [-0.4, -0.2) is 24.2 Å². The molecule has 2 aromatic carbocycles. The number of hydrogen-bond donors (Lipinski definition) is 2. The summed E-state index contributed by atoms with van der Waals surface area (Å²) in [5, 5.41) is 10.1. The molecule has 1 aliphatic heterocycles. The summed E-state index contributed by atoms with van der Waals surface area (Å²) in [6, 6.07) is 17.1. The van der Waals surface area contributed by atoms with Gasteiger partial charge in [-0.2, -0.15) is 0 Å². The van der Waals surface area contributed by atoms with E-state index in [1.165, 1.54) is 24.1 Å². The lowest BCUT2D eigenvalue weighted by molar-refractivity contribution is -0.117. The molecule has 0 unspecified atom stereocenters. The summed E-state index contributed by atoms with van der Waals surface area (Å²) in [5.74, 6) is 0.874. The number of nitrogens with one attached hydrogen (secondary N) is 2. The molecule has 6 heteroatoms. The molecule has 4 rings (SSSR count). The molecular formula is C23H26N4O2. The number of benzene rings is 2. The molecule has 1 amide bonds. The Labute approximate surface area is 170 Å². The lowest BCUT2D eigenvalue weighted by Gasteiger charge is -2.23. The van der Waals surface area contributed by atoms with Gasteiger partial charge in [0.2, 0.25) is 0 Å². The Morgan fingerprint density at radius 3 is 2.48 bits per heavy atom. The Kier molecular flexibility index (Phi) is 5.51. The molecule has 0 saturated carbocycles. The molecule has 1 aromatic heterocycles. The van der Waals surface area contributed by atoms with E-state index >= 15 is 0 Å². The SMILES string of the molecule is Cc1cc(NC(=O)[C@@H](Nc2ccc(N3CCCC3)c(C)c2)c2ccccc2)no1. The van der Waals surface area contributed by atoms with Crippen molar-refractivity contribution in [2.24, 2.45) is 0 Å². The fraction of sp³-hybridized carbons (Fsp3) is 0.304. The van der Waals surface area contributed by atoms with Gasteiger partial charge in [-0.05, 0) is 56.0 Å². The highest BCUT2D eigenvalue weighted by Crippen LogP contribution is 2.29. The van der Waals surface area contributed by atoms with Gasteiger partial charge in [0.25, 0.3) is 5.91 Å². The van der Waals surface area contributed by atoms with Crippen molar-refractivity contribution in [3.05, 3.63) is 71.5 Å². The Bertz CT molecular complexity index is 978. The maximum atomic E-state index is 13.0. The van der Waals surface area contributed by atoms with Crippen molar-refractivity contribution in [2.45, 2.75) is 32.7 Å². The average molecular weight is 390 g/mol. The van der Waals surface area contributed by atoms with Gasteiger partial charge < -0.3 is 20.1 Å². The van der Waals surface area contributed by atoms with E-state index in [-0.39, 0.29) is 5.91 Å². The highest BCUT2D eigenvalue weighted by Gasteiger charge is 2.22. The maximum Gasteiger partial charge on any atom is 0.252 e. The Morgan fingerprint density at radius 1 is 1.07 bits per heavy atom. The smallest absolute Gasteiger partial charge is 0.252 e. The number of anilines is 3. The highest BCUT2D eigenvalue weighted by atomic mass is 16.5. The quantitative estimate of drug-likeness (QED) is 0.639. The van der Waals surface area contributed by atoms with Crippen LogP contribution in [0.2, 0.25) is 0 Å². The van der Waals surface area contributed by atoms with Crippen LogP contribution in [0.15, 0.2) is 59.1 Å². The van der Waals surface area contributed by atoms with Crippen molar-refractivity contribution in [3.8, 4) is 0 Å². The van der Waals surface area contributed by atoms with Crippen molar-refractivity contribution in [3.63, 3.8) is 0 Å². The Morgan fingerprint density at radius 2 is 1.83 bits per heavy atom. The van der Waals surface area contributed by atoms with Crippen LogP contribution in [0.5, 0.6) is 0 Å². The lowest BCUT2D eigenvalue weighted by Crippen LogP contribution is -2.27. The molecule has 1 aliphatic rings. The number of nitrogens with zero attached hydrogens (tertiary/aromatic N) is 2. The molecule has 2 N–H and O–H groups in total. The van der Waals surface area contributed by atoms with Crippen molar-refractivity contribution in [1.29, 1.82) is 0 Å². The summed E-state index contributed by atoms with van der Waals surface area (Å²) in [6.45, 7) is 6.13. The molecule has 3 aromatic rings. The standard InChI is InChI=1S/C23H26N4O2/c1-16-14-19(10-11-20(16)27-12-6-7-13-27)24-22(18-8-4-3-5-9-18)23(28)25-21-15-17(2)29-26-21/h3-5,8-11,14-15,22,24H,6-7,12-13H2,1-2H3,(H,25,26,28)/t22-/m0/s1. The second-order valence-electron chi connectivity index (χ2n) is 7.50. The van der Waals surface area contributed by atoms with Crippen molar-refractivity contribution >= 4 is 23.1 Å². The molecule has 1 atom stereocenters. The number of carbonyl (C=O) groups is 1. The number of amides is 1. The zero-order valence-corrected chi connectivity index (χ0v) is 16.8. The highest BCUT2D eigenvalue weighted by molar-refractivity contribution is 5.96. The molecule has 1 saturated heterocycles. The van der Waals surface area contributed by atoms with Crippen LogP contribution in [0.3, 0.4) is 0 Å². The zero-order valence-electron chi connectivity index (χ0n) is 16.8. The van der Waals surface area contributed by atoms with Crippen LogP contribution in [-0.2, 0) is 4.79 Å². The van der Waals surface area contributed by atoms with Gasteiger partial charge in [-0.25, -0.2) is 0 Å². The minimum Gasteiger partial charge on any atom is -0.371 e. The van der Waals surface area contributed by atoms with Gasteiger partial charge in [-0.15, -0.1) is 0 Å². The summed E-state index contributed by atoms with van der Waals surface area (Å²) in [6.07, 6.45) is 2.49. The minimum atomic E-state index is -0.551. The van der Waals surface area contributed by atoms with E-state index in [2.05, 4.69) is 39.7 Å². The first-order valence-electron chi connectivity index (χ1n) is 10.0. The van der Waals surface area contributed by atoms with E-state index in [0.29, 0.717) is 11.6 Å². The van der Waals surface area contributed by atoms with Gasteiger partial charge in [0, 0.05) is 30.5 Å². The molecule has 29 heavy (non-hydrogen) atoms. The van der Waals surface area contributed by atoms with Crippen LogP contribution in [0.25, 0.3) is 0 Å². The lowest BCUT2D eigenvalue weighted by atomic mass is 10.0. The second-order valence-corrected chi connectivity index (χ2v) is 7.50. The number of hydrogen-bond acceptors (Lipinski definition) is 5. The fourth-order valence-corrected chi connectivity index (χ4v) is 3.79. The number of carbonyl (C=O) groups excluding carboxylic acids is 1. The monoisotopic (exact) mass is 390 g/mol. The van der Waals surface area contributed by atoms with Gasteiger partial charge in [-0.1, -0.05) is 35.5 Å². The summed E-state index contributed by atoms with van der Waals surface area (Å²) in [4.78, 5) is 15.4. The zero-order chi connectivity index (χ0) is 20.2. The van der Waals surface area contributed by atoms with Crippen molar-refractivity contribution in [2.75, 3.05) is 28.6 Å². The van der Waals surface area contributed by atoms with Gasteiger partial charge in [0.15, 0.2) is 5.82 Å². The topological polar surface area (TPSA) is 70.4 Å². The predicted molar refractivity (Wildman–Crippen MR) is 115 cm³/mol. The van der Waals surface area contributed by atoms with E-state index in [4.69, 9.17) is 4.52 Å². The van der Waals surface area contributed by atoms with E-state index in [1.807, 2.05) is 36.4 Å². The Hall–Kier alpha value is -3.28. The first kappa shape index (κ1) is 19.1. The van der Waals surface area contributed by atoms with Gasteiger partial charge in [-0.3, -0.25) is 4.79 Å². The van der Waals surface area contributed by atoms with Crippen LogP contribution in [0.4, 0.5) is 17.2 Å². The van der Waals surface area contributed by atoms with Crippen LogP contribution in [0.1, 0.15) is 35.8 Å². The first-order valence-corrected chi connectivity index (χ1v) is 10.0. The van der Waals surface area contributed by atoms with Crippen molar-refractivity contribution in [1.82, 2.24) is 5.16 Å². The number of aryl methyl sites for hydroxylation is 2. The molecule has 6 nitrogen and oxygen atoms in total. The first-order chi connectivity index (χ1) is 14.1. The summed E-state index contributed by atoms with van der Waals surface area (Å²) < 4.78 is 5.06. The van der Waals surface area contributed by atoms with Gasteiger partial charge in [0.05, 0.1) is 0 Å². The van der Waals surface area contributed by atoms with Crippen molar-refractivity contribution < 1.29 is 9.32 Å². The number of rotatable bonds is 6. The second kappa shape index (κ2) is 8.39. The summed E-state index contributed by atoms with van der Waals surface area (Å²) >= 11 is 0. The molecule has 1 fully saturated rings. The van der Waals surface area contributed by atoms with E-state index in [1.54, 1.807) is 13.0 Å². The number of aromatic nitrogens is 1. The van der Waals surface area contributed by atoms with Crippen LogP contribution < -0.4 is 15.5 Å². The summed E-state index contributed by atoms with van der Waals surface area (Å²) in [7, 11) is 0. The van der Waals surface area contributed by atoms with E-state index < -0.39 is 6.04 Å². The molecule has 0 radical (unpaired) electrons. The normalized spacial score (nSPS) is 14.6. The van der Waals surface area contributed by atoms with Crippen LogP contribution >= 0.6 is 0 Å². The third-order valence-electron chi connectivity index (χ3n) is 5.23. The third-order valence-corrected chi connectivity index (χ3v) is 5.23.